The lowest BCUT2D eigenvalue weighted by Gasteiger charge is -2.30. The molecule has 0 bridgehead atoms. The second-order valence-corrected chi connectivity index (χ2v) is 9.74. The summed E-state index contributed by atoms with van der Waals surface area (Å²) < 4.78 is 1.63. The Morgan fingerprint density at radius 1 is 1.06 bits per heavy atom. The van der Waals surface area contributed by atoms with Crippen molar-refractivity contribution in [1.82, 2.24) is 25.1 Å². The number of aryl methyl sites for hydroxylation is 1. The normalized spacial score (nSPS) is 16.1. The molecule has 2 N–H and O–H groups in total. The monoisotopic (exact) mass is 475 g/mol. The summed E-state index contributed by atoms with van der Waals surface area (Å²) in [5, 5.41) is 7.21. The summed E-state index contributed by atoms with van der Waals surface area (Å²) in [5.74, 6) is 1.43. The molecule has 5 heterocycles. The Labute approximate surface area is 200 Å². The van der Waals surface area contributed by atoms with Crippen LogP contribution in [0, 0.1) is 0 Å². The van der Waals surface area contributed by atoms with E-state index < -0.39 is 0 Å². The van der Waals surface area contributed by atoms with Crippen molar-refractivity contribution >= 4 is 39.2 Å². The fourth-order valence-electron chi connectivity index (χ4n) is 4.67. The van der Waals surface area contributed by atoms with Crippen molar-refractivity contribution in [3.05, 3.63) is 62.9 Å². The first-order chi connectivity index (χ1) is 16.6. The lowest BCUT2D eigenvalue weighted by atomic mass is 10.1. The second kappa shape index (κ2) is 8.28. The highest BCUT2D eigenvalue weighted by molar-refractivity contribution is 7.18. The maximum absolute atomic E-state index is 13.0. The lowest BCUT2D eigenvalue weighted by Crippen LogP contribution is -2.48. The number of thiophene rings is 1. The topological polar surface area (TPSA) is 99.1 Å². The van der Waals surface area contributed by atoms with Gasteiger partial charge in [-0.25, -0.2) is 9.67 Å². The van der Waals surface area contributed by atoms with Crippen LogP contribution in [0.5, 0.6) is 0 Å². The van der Waals surface area contributed by atoms with Gasteiger partial charge in [0.25, 0.3) is 5.56 Å². The highest BCUT2D eigenvalue weighted by Gasteiger charge is 2.27. The molecule has 4 aromatic rings. The minimum absolute atomic E-state index is 0.0116. The fourth-order valence-corrected chi connectivity index (χ4v) is 5.63. The Bertz CT molecular complexity index is 1440. The van der Waals surface area contributed by atoms with Gasteiger partial charge >= 0.3 is 0 Å². The largest absolute Gasteiger partial charge is 0.353 e. The maximum Gasteiger partial charge on any atom is 0.274 e. The number of rotatable bonds is 4. The van der Waals surface area contributed by atoms with Crippen LogP contribution < -0.4 is 20.7 Å². The fraction of sp³-hybridized carbons (Fsp3) is 0.333. The number of carbonyl (C=O) groups excluding carboxylic acids is 1. The van der Waals surface area contributed by atoms with E-state index >= 15 is 0 Å². The molecule has 0 spiro atoms. The van der Waals surface area contributed by atoms with E-state index in [0.717, 1.165) is 39.4 Å². The number of para-hydroxylation sites is 1. The summed E-state index contributed by atoms with van der Waals surface area (Å²) in [7, 11) is 0. The molecule has 1 fully saturated rings. The molecule has 10 heteroatoms. The molecule has 34 heavy (non-hydrogen) atoms. The Balaban J connectivity index is 1.40. The number of benzene rings is 1. The zero-order valence-electron chi connectivity index (χ0n) is 18.9. The second-order valence-electron chi connectivity index (χ2n) is 8.62. The van der Waals surface area contributed by atoms with Crippen molar-refractivity contribution in [3.8, 4) is 5.69 Å². The van der Waals surface area contributed by atoms with Gasteiger partial charge in [-0.3, -0.25) is 14.7 Å². The molecule has 1 saturated heterocycles. The first-order valence-corrected chi connectivity index (χ1v) is 12.4. The average molecular weight is 476 g/mol. The molecular formula is C24H25N7O2S. The molecule has 0 saturated carbocycles. The zero-order valence-corrected chi connectivity index (χ0v) is 19.7. The summed E-state index contributed by atoms with van der Waals surface area (Å²) in [6.07, 6.45) is 1.57. The number of hydrogen-bond donors (Lipinski definition) is 2. The highest BCUT2D eigenvalue weighted by Crippen LogP contribution is 2.35. The van der Waals surface area contributed by atoms with Crippen molar-refractivity contribution in [2.75, 3.05) is 36.0 Å². The number of nitrogens with one attached hydrogen (secondary N) is 2. The third-order valence-corrected chi connectivity index (χ3v) is 7.62. The molecular weight excluding hydrogens is 450 g/mol. The van der Waals surface area contributed by atoms with E-state index in [1.807, 2.05) is 35.2 Å². The van der Waals surface area contributed by atoms with Gasteiger partial charge in [0.05, 0.1) is 29.9 Å². The zero-order chi connectivity index (χ0) is 23.2. The standard InChI is InChI=1S/C24H25N7O2S/c1-2-16-12-18-21(26-24(27-22(18)34-16)30-11-9-25-20(32)14-30)29-10-8-17-19(13-29)28-31(23(17)33)15-6-4-3-5-7-15/h3-7,12,28H,2,8-11,13-14H2,1H3,(H,25,32). The molecule has 174 valence electrons. The molecule has 2 aliphatic heterocycles. The highest BCUT2D eigenvalue weighted by atomic mass is 32.1. The van der Waals surface area contributed by atoms with Gasteiger partial charge in [0, 0.05) is 30.1 Å². The lowest BCUT2D eigenvalue weighted by molar-refractivity contribution is -0.120. The molecule has 6 rings (SSSR count). The number of aromatic nitrogens is 4. The summed E-state index contributed by atoms with van der Waals surface area (Å²) in [6, 6.07) is 11.8. The number of aromatic amines is 1. The summed E-state index contributed by atoms with van der Waals surface area (Å²) >= 11 is 1.68. The molecule has 3 aromatic heterocycles. The van der Waals surface area contributed by atoms with Crippen LogP contribution in [0.3, 0.4) is 0 Å². The maximum atomic E-state index is 13.0. The summed E-state index contributed by atoms with van der Waals surface area (Å²) in [4.78, 5) is 41.2. The molecule has 0 aliphatic carbocycles. The molecule has 0 radical (unpaired) electrons. The Hall–Kier alpha value is -3.66. The van der Waals surface area contributed by atoms with Gasteiger partial charge in [-0.05, 0) is 31.0 Å². The van der Waals surface area contributed by atoms with Crippen LogP contribution in [0.25, 0.3) is 15.9 Å². The Kier molecular flexibility index (Phi) is 5.09. The number of hydrogen-bond acceptors (Lipinski definition) is 7. The van der Waals surface area contributed by atoms with E-state index in [0.29, 0.717) is 38.5 Å². The third-order valence-electron chi connectivity index (χ3n) is 6.45. The summed E-state index contributed by atoms with van der Waals surface area (Å²) in [6.45, 7) is 4.92. The van der Waals surface area contributed by atoms with Gasteiger partial charge in [0.15, 0.2) is 0 Å². The van der Waals surface area contributed by atoms with E-state index in [1.54, 1.807) is 16.0 Å². The predicted molar refractivity (Wildman–Crippen MR) is 133 cm³/mol. The van der Waals surface area contributed by atoms with Crippen LogP contribution in [0.15, 0.2) is 41.2 Å². The molecule has 9 nitrogen and oxygen atoms in total. The Morgan fingerprint density at radius 2 is 1.91 bits per heavy atom. The average Bonchev–Trinajstić information content (AvgIpc) is 3.44. The van der Waals surface area contributed by atoms with Gasteiger partial charge in [0.1, 0.15) is 10.6 Å². The minimum Gasteiger partial charge on any atom is -0.353 e. The van der Waals surface area contributed by atoms with Crippen LogP contribution >= 0.6 is 11.3 Å². The molecule has 1 amide bonds. The predicted octanol–water partition coefficient (Wildman–Crippen LogP) is 2.23. The van der Waals surface area contributed by atoms with Gasteiger partial charge in [0.2, 0.25) is 11.9 Å². The first kappa shape index (κ1) is 20.9. The number of fused-ring (bicyclic) bond motifs is 2. The van der Waals surface area contributed by atoms with Crippen LogP contribution in [-0.4, -0.2) is 51.8 Å². The van der Waals surface area contributed by atoms with Gasteiger partial charge in [-0.2, -0.15) is 4.98 Å². The molecule has 1 aromatic carbocycles. The van der Waals surface area contributed by atoms with Crippen molar-refractivity contribution in [2.45, 2.75) is 26.3 Å². The molecule has 2 aliphatic rings. The van der Waals surface area contributed by atoms with Crippen molar-refractivity contribution in [2.24, 2.45) is 0 Å². The van der Waals surface area contributed by atoms with Crippen molar-refractivity contribution in [1.29, 1.82) is 0 Å². The van der Waals surface area contributed by atoms with Crippen molar-refractivity contribution < 1.29 is 4.79 Å². The third kappa shape index (κ3) is 3.54. The number of nitrogens with zero attached hydrogens (tertiary/aromatic N) is 5. The number of anilines is 2. The molecule has 0 atom stereocenters. The Morgan fingerprint density at radius 3 is 2.71 bits per heavy atom. The van der Waals surface area contributed by atoms with E-state index in [2.05, 4.69) is 28.3 Å². The van der Waals surface area contributed by atoms with E-state index in [9.17, 15) is 9.59 Å². The van der Waals surface area contributed by atoms with Crippen LogP contribution in [0.4, 0.5) is 11.8 Å². The number of carbonyl (C=O) groups is 1. The van der Waals surface area contributed by atoms with Gasteiger partial charge < -0.3 is 15.1 Å². The number of piperazine rings is 1. The van der Waals surface area contributed by atoms with Gasteiger partial charge in [-0.1, -0.05) is 25.1 Å². The number of amides is 1. The smallest absolute Gasteiger partial charge is 0.274 e. The van der Waals surface area contributed by atoms with E-state index in [4.69, 9.17) is 9.97 Å². The minimum atomic E-state index is -0.0145. The quantitative estimate of drug-likeness (QED) is 0.470. The van der Waals surface area contributed by atoms with E-state index in [-0.39, 0.29) is 18.0 Å². The van der Waals surface area contributed by atoms with Gasteiger partial charge in [-0.15, -0.1) is 11.3 Å². The number of H-pyrrole nitrogens is 1. The first-order valence-electron chi connectivity index (χ1n) is 11.6. The van der Waals surface area contributed by atoms with Crippen molar-refractivity contribution in [3.63, 3.8) is 0 Å². The van der Waals surface area contributed by atoms with Crippen LogP contribution in [0.2, 0.25) is 0 Å². The van der Waals surface area contributed by atoms with Crippen LogP contribution in [-0.2, 0) is 24.2 Å². The molecule has 0 unspecified atom stereocenters. The van der Waals surface area contributed by atoms with Crippen LogP contribution in [0.1, 0.15) is 23.1 Å². The van der Waals surface area contributed by atoms with E-state index in [1.165, 1.54) is 4.88 Å². The summed E-state index contributed by atoms with van der Waals surface area (Å²) in [5.41, 5.74) is 2.58. The SMILES string of the molecule is CCc1cc2c(N3CCc4c([nH]n(-c5ccccc5)c4=O)C3)nc(N3CCNC(=O)C3)nc2s1.